The molecule has 0 saturated carbocycles. The third kappa shape index (κ3) is 4.86. The van der Waals surface area contributed by atoms with Crippen molar-refractivity contribution in [2.75, 3.05) is 0 Å². The number of oxime groups is 2. The summed E-state index contributed by atoms with van der Waals surface area (Å²) in [5.41, 5.74) is 3.51. The van der Waals surface area contributed by atoms with Crippen molar-refractivity contribution in [3.63, 3.8) is 0 Å². The molecule has 14 heteroatoms. The average Bonchev–Trinajstić information content (AvgIpc) is 3.72. The summed E-state index contributed by atoms with van der Waals surface area (Å²) in [6.07, 6.45) is 0. The highest BCUT2D eigenvalue weighted by atomic mass is 32.1. The van der Waals surface area contributed by atoms with Gasteiger partial charge in [-0.05, 0) is 25.0 Å². The van der Waals surface area contributed by atoms with E-state index < -0.39 is 0 Å². The smallest absolute Gasteiger partial charge is 0.235 e. The summed E-state index contributed by atoms with van der Waals surface area (Å²) in [4.78, 5) is 12.3. The van der Waals surface area contributed by atoms with Crippen LogP contribution in [0.1, 0.15) is 36.6 Å². The first-order valence-electron chi connectivity index (χ1n) is 11.5. The van der Waals surface area contributed by atoms with Gasteiger partial charge in [0, 0.05) is 0 Å². The molecule has 0 aliphatic heterocycles. The maximum absolute atomic E-state index is 5.52. The van der Waals surface area contributed by atoms with E-state index in [1.54, 1.807) is 9.03 Å². The third-order valence-electron chi connectivity index (χ3n) is 5.47. The lowest BCUT2D eigenvalue weighted by Gasteiger charge is -2.01. The molecule has 6 rings (SSSR count). The Balaban J connectivity index is 1.15. The molecular formula is C24H20N10O2S2. The van der Waals surface area contributed by atoms with E-state index >= 15 is 0 Å². The Hall–Kier alpha value is -4.56. The van der Waals surface area contributed by atoms with Gasteiger partial charge in [0.05, 0.1) is 11.4 Å². The second kappa shape index (κ2) is 10.4. The van der Waals surface area contributed by atoms with Gasteiger partial charge in [-0.3, -0.25) is 0 Å². The normalized spacial score (nSPS) is 12.5. The molecule has 0 bridgehead atoms. The second-order valence-corrected chi connectivity index (χ2v) is 9.98. The number of aromatic nitrogens is 8. The van der Waals surface area contributed by atoms with Crippen LogP contribution in [0.15, 0.2) is 71.0 Å². The molecule has 0 radical (unpaired) electrons. The minimum atomic E-state index is 0.129. The standard InChI is InChI=1S/C24H20N10O2S2/c1-15(17-9-5-3-6-10-17)31-35-13-19-25-27-23-33(19)29-21(37-23)22-30-34-20(26-28-24(34)38-22)14-36-32-16(2)18-11-7-4-8-12-18/h3-12H,13-14H2,1-2H3/b31-15+,32-16+. The van der Waals surface area contributed by atoms with Gasteiger partial charge in [-0.2, -0.15) is 9.03 Å². The van der Waals surface area contributed by atoms with Gasteiger partial charge < -0.3 is 9.68 Å². The van der Waals surface area contributed by atoms with Gasteiger partial charge in [0.1, 0.15) is 0 Å². The molecule has 0 spiro atoms. The molecule has 4 heterocycles. The first-order valence-corrected chi connectivity index (χ1v) is 13.2. The van der Waals surface area contributed by atoms with E-state index in [0.717, 1.165) is 22.6 Å². The zero-order chi connectivity index (χ0) is 25.9. The minimum absolute atomic E-state index is 0.129. The summed E-state index contributed by atoms with van der Waals surface area (Å²) < 4.78 is 3.28. The number of benzene rings is 2. The van der Waals surface area contributed by atoms with Crippen LogP contribution >= 0.6 is 22.7 Å². The zero-order valence-electron chi connectivity index (χ0n) is 20.3. The fourth-order valence-corrected chi connectivity index (χ4v) is 5.23. The number of fused-ring (bicyclic) bond motifs is 2. The van der Waals surface area contributed by atoms with Crippen molar-refractivity contribution in [3.8, 4) is 10.0 Å². The predicted octanol–water partition coefficient (Wildman–Crippen LogP) is 4.23. The number of hydrogen-bond acceptors (Lipinski definition) is 12. The van der Waals surface area contributed by atoms with E-state index in [2.05, 4.69) is 40.9 Å². The van der Waals surface area contributed by atoms with Gasteiger partial charge in [-0.15, -0.1) is 30.6 Å². The fraction of sp³-hybridized carbons (Fsp3) is 0.167. The molecule has 38 heavy (non-hydrogen) atoms. The van der Waals surface area contributed by atoms with Crippen molar-refractivity contribution >= 4 is 44.0 Å². The summed E-state index contributed by atoms with van der Waals surface area (Å²) in [7, 11) is 0. The van der Waals surface area contributed by atoms with Crippen LogP contribution < -0.4 is 0 Å². The minimum Gasteiger partial charge on any atom is -0.387 e. The van der Waals surface area contributed by atoms with E-state index in [4.69, 9.17) is 9.68 Å². The molecule has 0 atom stereocenters. The molecule has 2 aromatic carbocycles. The molecule has 190 valence electrons. The lowest BCUT2D eigenvalue weighted by atomic mass is 10.1. The van der Waals surface area contributed by atoms with Crippen LogP contribution in [0.2, 0.25) is 0 Å². The summed E-state index contributed by atoms with van der Waals surface area (Å²) in [6, 6.07) is 19.6. The third-order valence-corrected chi connectivity index (χ3v) is 7.41. The van der Waals surface area contributed by atoms with Crippen molar-refractivity contribution in [3.05, 3.63) is 83.4 Å². The quantitative estimate of drug-likeness (QED) is 0.195. The first-order chi connectivity index (χ1) is 18.7. The maximum Gasteiger partial charge on any atom is 0.235 e. The van der Waals surface area contributed by atoms with Crippen LogP contribution in [-0.4, -0.2) is 51.0 Å². The van der Waals surface area contributed by atoms with E-state index in [0.29, 0.717) is 31.6 Å². The van der Waals surface area contributed by atoms with Crippen molar-refractivity contribution in [1.82, 2.24) is 39.6 Å². The van der Waals surface area contributed by atoms with Crippen LogP contribution in [0.5, 0.6) is 0 Å². The van der Waals surface area contributed by atoms with Crippen LogP contribution in [-0.2, 0) is 22.9 Å². The van der Waals surface area contributed by atoms with Crippen molar-refractivity contribution in [2.24, 2.45) is 10.3 Å². The molecule has 0 saturated heterocycles. The number of hydrogen-bond donors (Lipinski definition) is 0. The summed E-state index contributed by atoms with van der Waals surface area (Å²) >= 11 is 2.74. The molecule has 4 aromatic heterocycles. The Morgan fingerprint density at radius 2 is 1.08 bits per heavy atom. The zero-order valence-corrected chi connectivity index (χ0v) is 21.9. The van der Waals surface area contributed by atoms with E-state index in [9.17, 15) is 0 Å². The van der Waals surface area contributed by atoms with Gasteiger partial charge in [-0.1, -0.05) is 93.6 Å². The molecule has 6 aromatic rings. The molecule has 0 aliphatic carbocycles. The first kappa shape index (κ1) is 23.8. The molecule has 0 aliphatic rings. The Morgan fingerprint density at radius 3 is 1.50 bits per heavy atom. The van der Waals surface area contributed by atoms with Crippen molar-refractivity contribution in [2.45, 2.75) is 27.1 Å². The highest BCUT2D eigenvalue weighted by Crippen LogP contribution is 2.29. The SMILES string of the molecule is C/C(=N\OCc1nnc2sc(-c3nn4c(CO/N=C(\C)c5ccccc5)nnc4s3)nn12)c1ccccc1. The summed E-state index contributed by atoms with van der Waals surface area (Å²) in [6.45, 7) is 4.03. The second-order valence-electron chi connectivity index (χ2n) is 8.07. The van der Waals surface area contributed by atoms with Crippen LogP contribution in [0, 0.1) is 0 Å². The highest BCUT2D eigenvalue weighted by molar-refractivity contribution is 7.26. The molecule has 12 nitrogen and oxygen atoms in total. The van der Waals surface area contributed by atoms with Gasteiger partial charge in [-0.25, -0.2) is 0 Å². The van der Waals surface area contributed by atoms with Crippen LogP contribution in [0.25, 0.3) is 19.9 Å². The summed E-state index contributed by atoms with van der Waals surface area (Å²) in [5, 5.41) is 35.8. The Morgan fingerprint density at radius 1 is 0.658 bits per heavy atom. The van der Waals surface area contributed by atoms with Gasteiger partial charge in [0.25, 0.3) is 0 Å². The van der Waals surface area contributed by atoms with E-state index in [-0.39, 0.29) is 13.2 Å². The van der Waals surface area contributed by atoms with Gasteiger partial charge >= 0.3 is 0 Å². The Kier molecular flexibility index (Phi) is 6.54. The van der Waals surface area contributed by atoms with Crippen LogP contribution in [0.4, 0.5) is 0 Å². The number of rotatable bonds is 9. The van der Waals surface area contributed by atoms with Crippen molar-refractivity contribution in [1.29, 1.82) is 0 Å². The van der Waals surface area contributed by atoms with Crippen LogP contribution in [0.3, 0.4) is 0 Å². The van der Waals surface area contributed by atoms with Gasteiger partial charge in [0.2, 0.25) is 9.92 Å². The molecular weight excluding hydrogens is 524 g/mol. The largest absolute Gasteiger partial charge is 0.387 e. The van der Waals surface area contributed by atoms with Crippen molar-refractivity contribution < 1.29 is 9.68 Å². The highest BCUT2D eigenvalue weighted by Gasteiger charge is 2.19. The lowest BCUT2D eigenvalue weighted by Crippen LogP contribution is -2.01. The molecule has 0 fully saturated rings. The van der Waals surface area contributed by atoms with E-state index in [1.807, 2.05) is 74.5 Å². The van der Waals surface area contributed by atoms with Gasteiger partial charge in [0.15, 0.2) is 34.9 Å². The predicted molar refractivity (Wildman–Crippen MR) is 143 cm³/mol. The summed E-state index contributed by atoms with van der Waals surface area (Å²) in [5.74, 6) is 1.08. The fourth-order valence-electron chi connectivity index (χ4n) is 3.51. The Bertz CT molecular complexity index is 1620. The molecule has 0 amide bonds. The Labute approximate surface area is 223 Å². The number of nitrogens with zero attached hydrogens (tertiary/aromatic N) is 10. The molecule has 0 unspecified atom stereocenters. The maximum atomic E-state index is 5.52. The monoisotopic (exact) mass is 544 g/mol. The lowest BCUT2D eigenvalue weighted by molar-refractivity contribution is 0.123. The topological polar surface area (TPSA) is 129 Å². The average molecular weight is 545 g/mol. The van der Waals surface area contributed by atoms with E-state index in [1.165, 1.54) is 22.7 Å². The molecule has 0 N–H and O–H groups in total.